The Morgan fingerprint density at radius 2 is 1.86 bits per heavy atom. The van der Waals surface area contributed by atoms with Crippen LogP contribution in [-0.2, 0) is 23.0 Å². The molecule has 2 aromatic heterocycles. The van der Waals surface area contributed by atoms with Crippen molar-refractivity contribution in [2.75, 3.05) is 16.2 Å². The zero-order valence-corrected chi connectivity index (χ0v) is 20.8. The van der Waals surface area contributed by atoms with Gasteiger partial charge >= 0.3 is 0 Å². The van der Waals surface area contributed by atoms with Crippen LogP contribution >= 0.6 is 0 Å². The number of benzene rings is 2. The molecule has 2 aliphatic rings. The van der Waals surface area contributed by atoms with Crippen LogP contribution in [0.2, 0.25) is 0 Å². The third-order valence-corrected chi connectivity index (χ3v) is 8.77. The molecule has 0 spiro atoms. The highest BCUT2D eigenvalue weighted by Gasteiger charge is 2.37. The number of ether oxygens (including phenoxy) is 1. The van der Waals surface area contributed by atoms with Gasteiger partial charge in [-0.1, -0.05) is 30.7 Å². The van der Waals surface area contributed by atoms with E-state index in [0.29, 0.717) is 24.1 Å². The van der Waals surface area contributed by atoms with Crippen molar-refractivity contribution in [3.8, 4) is 5.75 Å². The van der Waals surface area contributed by atoms with Crippen LogP contribution in [-0.4, -0.2) is 24.6 Å². The molecule has 0 N–H and O–H groups in total. The zero-order valence-electron chi connectivity index (χ0n) is 20.0. The lowest BCUT2D eigenvalue weighted by Gasteiger charge is -2.34. The lowest BCUT2D eigenvalue weighted by Crippen LogP contribution is -2.37. The largest absolute Gasteiger partial charge is 0.738 e. The van der Waals surface area contributed by atoms with Gasteiger partial charge in [0.2, 0.25) is 0 Å². The Morgan fingerprint density at radius 3 is 2.56 bits per heavy atom. The molecule has 0 saturated heterocycles. The Labute approximate surface area is 210 Å². The third kappa shape index (κ3) is 3.79. The summed E-state index contributed by atoms with van der Waals surface area (Å²) in [5.41, 5.74) is 3.40. The smallest absolute Gasteiger partial charge is 0.283 e. The van der Waals surface area contributed by atoms with E-state index in [1.165, 1.54) is 37.6 Å². The normalized spacial score (nSPS) is 16.8. The number of nitrogens with zero attached hydrogens (tertiary/aromatic N) is 4. The van der Waals surface area contributed by atoms with Crippen LogP contribution in [0.3, 0.4) is 0 Å². The minimum absolute atomic E-state index is 0.00107. The van der Waals surface area contributed by atoms with Crippen LogP contribution in [0.25, 0.3) is 11.0 Å². The molecule has 1 aliphatic carbocycles. The molecule has 186 valence electrons. The molecule has 0 radical (unpaired) electrons. The fourth-order valence-electron chi connectivity index (χ4n) is 5.02. The van der Waals surface area contributed by atoms with Crippen molar-refractivity contribution in [3.05, 3.63) is 83.3 Å². The van der Waals surface area contributed by atoms with Gasteiger partial charge in [0.15, 0.2) is 0 Å². The predicted octanol–water partition coefficient (Wildman–Crippen LogP) is 5.25. The van der Waals surface area contributed by atoms with E-state index in [1.54, 1.807) is 18.2 Å². The Kier molecular flexibility index (Phi) is 5.61. The van der Waals surface area contributed by atoms with E-state index in [9.17, 15) is 13.6 Å². The number of para-hydroxylation sites is 1. The van der Waals surface area contributed by atoms with Crippen molar-refractivity contribution in [1.82, 2.24) is 9.55 Å². The first kappa shape index (κ1) is 22.9. The number of fused-ring (bicyclic) bond motifs is 2. The Balaban J connectivity index is 1.38. The molecule has 1 aliphatic heterocycles. The van der Waals surface area contributed by atoms with Gasteiger partial charge in [-0.25, -0.2) is 4.98 Å². The highest BCUT2D eigenvalue weighted by atomic mass is 32.2. The summed E-state index contributed by atoms with van der Waals surface area (Å²) in [5.74, 6) is 1.46. The minimum Gasteiger partial charge on any atom is -0.738 e. The summed E-state index contributed by atoms with van der Waals surface area (Å²) in [5, 5.41) is 14.2. The second-order valence-electron chi connectivity index (χ2n) is 9.39. The summed E-state index contributed by atoms with van der Waals surface area (Å²) in [6.07, 6.45) is 5.86. The van der Waals surface area contributed by atoms with E-state index in [4.69, 9.17) is 4.74 Å². The van der Waals surface area contributed by atoms with Crippen LogP contribution < -0.4 is 14.3 Å². The van der Waals surface area contributed by atoms with Gasteiger partial charge in [0.05, 0.1) is 24.2 Å². The Hall–Kier alpha value is -3.56. The predicted molar refractivity (Wildman–Crippen MR) is 139 cm³/mol. The Morgan fingerprint density at radius 1 is 1.08 bits per heavy atom. The Bertz CT molecular complexity index is 1530. The van der Waals surface area contributed by atoms with Gasteiger partial charge in [-0.3, -0.25) is 0 Å². The van der Waals surface area contributed by atoms with E-state index < -0.39 is 10.0 Å². The molecule has 0 atom stereocenters. The van der Waals surface area contributed by atoms with E-state index in [-0.39, 0.29) is 16.3 Å². The second-order valence-corrected chi connectivity index (χ2v) is 11.1. The lowest BCUT2D eigenvalue weighted by atomic mass is 9.85. The van der Waals surface area contributed by atoms with Crippen molar-refractivity contribution in [3.63, 3.8) is 0 Å². The summed E-state index contributed by atoms with van der Waals surface area (Å²) >= 11 is 0. The monoisotopic (exact) mass is 503 g/mol. The van der Waals surface area contributed by atoms with Crippen LogP contribution in [0.4, 0.5) is 11.4 Å². The van der Waals surface area contributed by atoms with Crippen LogP contribution in [0, 0.1) is 11.1 Å². The number of rotatable bonds is 7. The number of pyridine rings is 1. The molecule has 2 aromatic carbocycles. The van der Waals surface area contributed by atoms with Crippen LogP contribution in [0.1, 0.15) is 37.4 Å². The molecule has 1 saturated carbocycles. The number of anilines is 2. The van der Waals surface area contributed by atoms with Crippen LogP contribution in [0.5, 0.6) is 5.75 Å². The molecular formula is C27H27N4O4S-. The second kappa shape index (κ2) is 8.83. The SMILES string of the molecule is CCOc1ccc(Cc2cc3cc(N4N([O-])c5ccccc5S4(=O)=O)cnc3n2CC2CCC2)cc1. The molecule has 0 amide bonds. The maximum Gasteiger partial charge on any atom is 0.283 e. The first-order chi connectivity index (χ1) is 17.5. The molecule has 9 heteroatoms. The number of aromatic nitrogens is 2. The average Bonchev–Trinajstić information content (AvgIpc) is 3.28. The summed E-state index contributed by atoms with van der Waals surface area (Å²) in [4.78, 5) is 4.67. The van der Waals surface area contributed by atoms with Crippen molar-refractivity contribution in [2.45, 2.75) is 44.0 Å². The molecule has 6 rings (SSSR count). The van der Waals surface area contributed by atoms with E-state index in [1.807, 2.05) is 19.1 Å². The van der Waals surface area contributed by atoms with Crippen LogP contribution in [0.15, 0.2) is 71.8 Å². The molecule has 3 heterocycles. The molecule has 1 fully saturated rings. The van der Waals surface area contributed by atoms with E-state index in [0.717, 1.165) is 39.0 Å². The van der Waals surface area contributed by atoms with Gasteiger partial charge < -0.3 is 19.7 Å². The molecule has 0 unspecified atom stereocenters. The van der Waals surface area contributed by atoms with Crippen molar-refractivity contribution in [2.24, 2.45) is 5.92 Å². The molecule has 0 bridgehead atoms. The number of sulfonamides is 1. The molecule has 4 aromatic rings. The van der Waals surface area contributed by atoms with Gasteiger partial charge in [-0.05, 0) is 67.6 Å². The van der Waals surface area contributed by atoms with Gasteiger partial charge in [0.25, 0.3) is 10.0 Å². The fourth-order valence-corrected chi connectivity index (χ4v) is 6.53. The van der Waals surface area contributed by atoms with E-state index >= 15 is 0 Å². The maximum atomic E-state index is 13.2. The fraction of sp³-hybridized carbons (Fsp3) is 0.296. The van der Waals surface area contributed by atoms with Gasteiger partial charge in [0, 0.05) is 24.0 Å². The van der Waals surface area contributed by atoms with Crippen molar-refractivity contribution in [1.29, 1.82) is 0 Å². The highest BCUT2D eigenvalue weighted by Crippen LogP contribution is 2.40. The summed E-state index contributed by atoms with van der Waals surface area (Å²) in [6, 6.07) is 18.1. The average molecular weight is 504 g/mol. The molecule has 36 heavy (non-hydrogen) atoms. The van der Waals surface area contributed by atoms with Gasteiger partial charge in [-0.15, -0.1) is 0 Å². The zero-order chi connectivity index (χ0) is 24.9. The molecule has 8 nitrogen and oxygen atoms in total. The minimum atomic E-state index is -4.00. The summed E-state index contributed by atoms with van der Waals surface area (Å²) in [7, 11) is -4.00. The quantitative estimate of drug-likeness (QED) is 0.342. The number of hydrogen-bond donors (Lipinski definition) is 0. The van der Waals surface area contributed by atoms with Gasteiger partial charge in [-0.2, -0.15) is 12.8 Å². The van der Waals surface area contributed by atoms with Gasteiger partial charge in [0.1, 0.15) is 16.3 Å². The standard InChI is InChI=1S/C27H27N4O4S/c1-2-35-24-12-10-19(11-13-24)14-22-15-21-16-23(17-28-27(21)29(22)18-20-6-5-7-20)31-30(32)25-8-3-4-9-26(25)36(31,33)34/h3-4,8-13,15-17,20H,2,5-7,14,18H2,1H3/q-1. The summed E-state index contributed by atoms with van der Waals surface area (Å²) in [6.45, 7) is 3.47. The third-order valence-electron chi connectivity index (χ3n) is 7.05. The first-order valence-corrected chi connectivity index (χ1v) is 13.7. The lowest BCUT2D eigenvalue weighted by molar-refractivity contribution is 0.277. The topological polar surface area (TPSA) is 90.7 Å². The maximum absolute atomic E-state index is 13.2. The number of hydrazine groups is 1. The molecular weight excluding hydrogens is 476 g/mol. The van der Waals surface area contributed by atoms with Crippen molar-refractivity contribution >= 4 is 32.4 Å². The highest BCUT2D eigenvalue weighted by molar-refractivity contribution is 7.93. The number of hydrogen-bond acceptors (Lipinski definition) is 6. The first-order valence-electron chi connectivity index (χ1n) is 12.3. The van der Waals surface area contributed by atoms with Crippen molar-refractivity contribution < 1.29 is 13.2 Å². The van der Waals surface area contributed by atoms with E-state index in [2.05, 4.69) is 27.8 Å². The summed E-state index contributed by atoms with van der Waals surface area (Å²) < 4.78 is 34.9.